The third-order valence-electron chi connectivity index (χ3n) is 5.64. The summed E-state index contributed by atoms with van der Waals surface area (Å²) < 4.78 is 0. The number of halogens is 1. The van der Waals surface area contributed by atoms with E-state index in [2.05, 4.69) is 88.9 Å². The van der Waals surface area contributed by atoms with E-state index in [1.54, 1.807) is 18.2 Å². The molecule has 0 radical (unpaired) electrons. The molecule has 0 aliphatic carbocycles. The van der Waals surface area contributed by atoms with E-state index in [4.69, 9.17) is 0 Å². The number of carbonyl (C=O) groups is 1. The first-order valence-electron chi connectivity index (χ1n) is 9.68. The monoisotopic (exact) mass is 476 g/mol. The molecule has 150 valence electrons. The van der Waals surface area contributed by atoms with Gasteiger partial charge in [-0.25, -0.2) is 0 Å². The van der Waals surface area contributed by atoms with Crippen molar-refractivity contribution in [2.24, 2.45) is 0 Å². The summed E-state index contributed by atoms with van der Waals surface area (Å²) in [5.41, 5.74) is 2.21. The fourth-order valence-corrected chi connectivity index (χ4v) is 10.2. The number of rotatable bonds is 5. The maximum absolute atomic E-state index is 11.6. The van der Waals surface area contributed by atoms with E-state index in [1.165, 1.54) is 15.9 Å². The minimum absolute atomic E-state index is 0.285. The second-order valence-electron chi connectivity index (χ2n) is 7.50. The molecule has 0 heterocycles. The van der Waals surface area contributed by atoms with Crippen molar-refractivity contribution in [2.45, 2.75) is 0 Å². The van der Waals surface area contributed by atoms with Crippen LogP contribution in [0.1, 0.15) is 10.4 Å². The average molecular weight is 477 g/mol. The van der Waals surface area contributed by atoms with Crippen LogP contribution in [0.5, 0.6) is 0 Å². The van der Waals surface area contributed by atoms with Crippen molar-refractivity contribution in [3.63, 3.8) is 0 Å². The third kappa shape index (κ3) is 3.39. The van der Waals surface area contributed by atoms with E-state index in [0.717, 1.165) is 11.1 Å². The summed E-state index contributed by atoms with van der Waals surface area (Å²) in [5, 5.41) is 10.1. The van der Waals surface area contributed by atoms with Crippen molar-refractivity contribution in [3.8, 4) is 11.1 Å². The molecule has 0 unspecified atom stereocenters. The van der Waals surface area contributed by atoms with E-state index in [1.807, 2.05) is 24.3 Å². The Hall–Kier alpha value is -2.74. The van der Waals surface area contributed by atoms with Crippen LogP contribution in [-0.4, -0.2) is 17.7 Å². The molecule has 4 aromatic carbocycles. The van der Waals surface area contributed by atoms with Gasteiger partial charge in [0.25, 0.3) is 0 Å². The Morgan fingerprint density at radius 3 is 1.83 bits per heavy atom. The molecule has 2 nitrogen and oxygen atoms in total. The second kappa shape index (κ2) is 7.83. The Bertz CT molecular complexity index is 1160. The summed E-state index contributed by atoms with van der Waals surface area (Å²) >= 11 is 4.32. The zero-order valence-corrected chi connectivity index (χ0v) is 19.1. The summed E-state index contributed by atoms with van der Waals surface area (Å²) in [6.45, 7) is 2.30. The Labute approximate surface area is 184 Å². The topological polar surface area (TPSA) is 37.3 Å². The van der Waals surface area contributed by atoms with Crippen LogP contribution >= 0.6 is 20.8 Å². The predicted molar refractivity (Wildman–Crippen MR) is 132 cm³/mol. The van der Waals surface area contributed by atoms with Crippen LogP contribution in [0.15, 0.2) is 109 Å². The van der Waals surface area contributed by atoms with Crippen molar-refractivity contribution >= 4 is 42.7 Å². The van der Waals surface area contributed by atoms with Gasteiger partial charge in [-0.3, -0.25) is 0 Å². The van der Waals surface area contributed by atoms with E-state index in [0.29, 0.717) is 0 Å². The van der Waals surface area contributed by atoms with Gasteiger partial charge < -0.3 is 0 Å². The predicted octanol–water partition coefficient (Wildman–Crippen LogP) is 5.82. The molecule has 0 aliphatic rings. The van der Waals surface area contributed by atoms with Gasteiger partial charge in [0.1, 0.15) is 0 Å². The standard InChI is InChI=1S/C26H22BrO2P/c1-30(27,22-13-4-2-5-14-22,23-15-6-3-7-16-23)25-18-9-8-17-24(25)20-11-10-12-21(19-20)26(28)29/h2-19H,1H3,(H,28,29). The summed E-state index contributed by atoms with van der Waals surface area (Å²) in [7, 11) is 0. The number of hydrogen-bond acceptors (Lipinski definition) is 1. The molecule has 4 heteroatoms. The normalized spacial score (nSPS) is 12.7. The molecule has 0 fully saturated rings. The summed E-state index contributed by atoms with van der Waals surface area (Å²) in [6, 6.07) is 36.5. The van der Waals surface area contributed by atoms with Crippen molar-refractivity contribution in [1.82, 2.24) is 0 Å². The van der Waals surface area contributed by atoms with Crippen molar-refractivity contribution in [3.05, 3.63) is 115 Å². The number of benzene rings is 4. The molecule has 0 bridgehead atoms. The molecule has 4 rings (SSSR count). The van der Waals surface area contributed by atoms with Gasteiger partial charge >= 0.3 is 185 Å². The van der Waals surface area contributed by atoms with Gasteiger partial charge in [-0.2, -0.15) is 0 Å². The van der Waals surface area contributed by atoms with Gasteiger partial charge in [0, 0.05) is 0 Å². The van der Waals surface area contributed by atoms with Gasteiger partial charge in [0.2, 0.25) is 0 Å². The van der Waals surface area contributed by atoms with Gasteiger partial charge in [0.05, 0.1) is 0 Å². The van der Waals surface area contributed by atoms with Gasteiger partial charge in [-0.1, -0.05) is 0 Å². The van der Waals surface area contributed by atoms with Crippen LogP contribution in [0, 0.1) is 0 Å². The van der Waals surface area contributed by atoms with Crippen LogP contribution in [0.4, 0.5) is 0 Å². The molecule has 1 N–H and O–H groups in total. The molecule has 0 aromatic heterocycles. The number of hydrogen-bond donors (Lipinski definition) is 1. The van der Waals surface area contributed by atoms with Crippen LogP contribution in [-0.2, 0) is 0 Å². The SMILES string of the molecule is CP(Br)(c1ccccc1)(c1ccccc1)c1ccccc1-c1cccc(C(=O)O)c1. The van der Waals surface area contributed by atoms with E-state index >= 15 is 0 Å². The molecule has 30 heavy (non-hydrogen) atoms. The Balaban J connectivity index is 2.07. The molecule has 4 aromatic rings. The molecule has 0 atom stereocenters. The Morgan fingerprint density at radius 2 is 1.27 bits per heavy atom. The molecule has 0 saturated carbocycles. The second-order valence-corrected chi connectivity index (χ2v) is 17.2. The molecular weight excluding hydrogens is 455 g/mol. The summed E-state index contributed by atoms with van der Waals surface area (Å²) in [6.07, 6.45) is 0. The fraction of sp³-hybridized carbons (Fsp3) is 0.0385. The zero-order valence-electron chi connectivity index (χ0n) is 16.6. The molecule has 0 amide bonds. The summed E-state index contributed by atoms with van der Waals surface area (Å²) in [5.74, 6) is -0.923. The first-order chi connectivity index (χ1) is 14.4. The Morgan fingerprint density at radius 1 is 0.733 bits per heavy atom. The zero-order chi connectivity index (χ0) is 21.2. The van der Waals surface area contributed by atoms with Crippen molar-refractivity contribution in [1.29, 1.82) is 0 Å². The molecule has 0 saturated heterocycles. The van der Waals surface area contributed by atoms with Gasteiger partial charge in [-0.05, 0) is 0 Å². The van der Waals surface area contributed by atoms with Crippen LogP contribution in [0.2, 0.25) is 0 Å². The van der Waals surface area contributed by atoms with Gasteiger partial charge in [-0.15, -0.1) is 0 Å². The number of aromatic carboxylic acids is 1. The van der Waals surface area contributed by atoms with Crippen LogP contribution in [0.25, 0.3) is 11.1 Å². The van der Waals surface area contributed by atoms with Gasteiger partial charge in [0.15, 0.2) is 0 Å². The molecular formula is C26H22BrO2P. The first-order valence-corrected chi connectivity index (χ1v) is 14.4. The molecule has 0 aliphatic heterocycles. The maximum atomic E-state index is 11.6. The Kier molecular flexibility index (Phi) is 5.36. The quantitative estimate of drug-likeness (QED) is 0.368. The minimum atomic E-state index is -3.00. The van der Waals surface area contributed by atoms with Crippen molar-refractivity contribution < 1.29 is 9.90 Å². The van der Waals surface area contributed by atoms with Crippen molar-refractivity contribution in [2.75, 3.05) is 6.66 Å². The first kappa shape index (κ1) is 20.5. The molecule has 0 spiro atoms. The fourth-order valence-electron chi connectivity index (χ4n) is 3.99. The van der Waals surface area contributed by atoms with Crippen LogP contribution < -0.4 is 15.9 Å². The number of carboxylic acid groups (broad SMARTS) is 1. The van der Waals surface area contributed by atoms with E-state index in [-0.39, 0.29) is 5.56 Å². The van der Waals surface area contributed by atoms with E-state index in [9.17, 15) is 9.90 Å². The van der Waals surface area contributed by atoms with E-state index < -0.39 is 11.3 Å². The third-order valence-corrected chi connectivity index (χ3v) is 13.8. The van der Waals surface area contributed by atoms with Crippen LogP contribution in [0.3, 0.4) is 0 Å². The summed E-state index contributed by atoms with van der Waals surface area (Å²) in [4.78, 5) is 11.6. The number of carboxylic acids is 1. The average Bonchev–Trinajstić information content (AvgIpc) is 2.80.